The minimum atomic E-state index is 0.570. The van der Waals surface area contributed by atoms with Crippen molar-refractivity contribution in [3.05, 3.63) is 0 Å². The van der Waals surface area contributed by atoms with E-state index in [4.69, 9.17) is 4.74 Å². The van der Waals surface area contributed by atoms with E-state index in [2.05, 4.69) is 12.2 Å². The van der Waals surface area contributed by atoms with Crippen LogP contribution in [0.15, 0.2) is 0 Å². The molecule has 0 aromatic rings. The second kappa shape index (κ2) is 5.86. The Morgan fingerprint density at radius 2 is 1.80 bits per heavy atom. The summed E-state index contributed by atoms with van der Waals surface area (Å²) in [6, 6.07) is 0.763. The monoisotopic (exact) mass is 211 g/mol. The lowest BCUT2D eigenvalue weighted by molar-refractivity contribution is -0.0113. The van der Waals surface area contributed by atoms with Gasteiger partial charge in [-0.25, -0.2) is 0 Å². The molecule has 0 aliphatic heterocycles. The second-order valence-corrected chi connectivity index (χ2v) is 5.16. The van der Waals surface area contributed by atoms with Crippen molar-refractivity contribution in [1.82, 2.24) is 5.32 Å². The first kappa shape index (κ1) is 11.4. The lowest BCUT2D eigenvalue weighted by Gasteiger charge is -2.32. The number of hydrogen-bond acceptors (Lipinski definition) is 2. The predicted molar refractivity (Wildman–Crippen MR) is 63.0 cm³/mol. The Labute approximate surface area is 93.8 Å². The molecule has 0 aromatic heterocycles. The average Bonchev–Trinajstić information content (AvgIpc) is 2.19. The third-order valence-electron chi connectivity index (χ3n) is 3.96. The van der Waals surface area contributed by atoms with Crippen LogP contribution in [0.25, 0.3) is 0 Å². The van der Waals surface area contributed by atoms with Gasteiger partial charge in [-0.3, -0.25) is 0 Å². The summed E-state index contributed by atoms with van der Waals surface area (Å²) in [4.78, 5) is 0. The Morgan fingerprint density at radius 3 is 2.33 bits per heavy atom. The normalized spacial score (nSPS) is 32.6. The first-order chi connectivity index (χ1) is 7.38. The molecule has 0 aromatic carbocycles. The molecule has 1 N–H and O–H groups in total. The Morgan fingerprint density at radius 1 is 1.07 bits per heavy atom. The maximum absolute atomic E-state index is 5.99. The van der Waals surface area contributed by atoms with Gasteiger partial charge in [0.1, 0.15) is 0 Å². The van der Waals surface area contributed by atoms with Gasteiger partial charge in [0.05, 0.1) is 6.10 Å². The minimum absolute atomic E-state index is 0.570. The summed E-state index contributed by atoms with van der Waals surface area (Å²) in [5.74, 6) is 0.900. The van der Waals surface area contributed by atoms with Crippen molar-refractivity contribution >= 4 is 0 Å². The molecule has 0 radical (unpaired) electrons. The van der Waals surface area contributed by atoms with Crippen molar-refractivity contribution in [3.63, 3.8) is 0 Å². The standard InChI is InChI=1S/C13H25NO/c1-2-14-12-6-8-13(9-7-12)15-10-11-4-3-5-11/h11-14H,2-10H2,1H3. The lowest BCUT2D eigenvalue weighted by atomic mass is 9.86. The van der Waals surface area contributed by atoms with E-state index in [1.807, 2.05) is 0 Å². The van der Waals surface area contributed by atoms with E-state index < -0.39 is 0 Å². The molecule has 2 heteroatoms. The zero-order chi connectivity index (χ0) is 10.5. The number of ether oxygens (including phenoxy) is 1. The van der Waals surface area contributed by atoms with E-state index in [9.17, 15) is 0 Å². The van der Waals surface area contributed by atoms with Gasteiger partial charge in [0.15, 0.2) is 0 Å². The molecule has 0 atom stereocenters. The average molecular weight is 211 g/mol. The second-order valence-electron chi connectivity index (χ2n) is 5.16. The van der Waals surface area contributed by atoms with E-state index >= 15 is 0 Å². The van der Waals surface area contributed by atoms with E-state index in [0.717, 1.165) is 25.1 Å². The summed E-state index contributed by atoms with van der Waals surface area (Å²) in [6.07, 6.45) is 9.97. The Hall–Kier alpha value is -0.0800. The molecule has 0 amide bonds. The van der Waals surface area contributed by atoms with Crippen LogP contribution in [-0.4, -0.2) is 25.3 Å². The van der Waals surface area contributed by atoms with Crippen LogP contribution < -0.4 is 5.32 Å². The van der Waals surface area contributed by atoms with E-state index in [-0.39, 0.29) is 0 Å². The summed E-state index contributed by atoms with van der Waals surface area (Å²) in [6.45, 7) is 4.34. The predicted octanol–water partition coefficient (Wildman–Crippen LogP) is 2.72. The molecular weight excluding hydrogens is 186 g/mol. The zero-order valence-corrected chi connectivity index (χ0v) is 10.0. The number of hydrogen-bond donors (Lipinski definition) is 1. The van der Waals surface area contributed by atoms with Crippen LogP contribution in [-0.2, 0) is 4.74 Å². The van der Waals surface area contributed by atoms with Crippen LogP contribution in [0, 0.1) is 5.92 Å². The van der Waals surface area contributed by atoms with Gasteiger partial charge in [0.2, 0.25) is 0 Å². The van der Waals surface area contributed by atoms with Crippen LogP contribution in [0.1, 0.15) is 51.9 Å². The maximum atomic E-state index is 5.99. The van der Waals surface area contributed by atoms with Crippen molar-refractivity contribution in [1.29, 1.82) is 0 Å². The minimum Gasteiger partial charge on any atom is -0.378 e. The van der Waals surface area contributed by atoms with E-state index in [1.165, 1.54) is 44.9 Å². The molecule has 2 aliphatic rings. The van der Waals surface area contributed by atoms with Crippen LogP contribution in [0.3, 0.4) is 0 Å². The van der Waals surface area contributed by atoms with Gasteiger partial charge >= 0.3 is 0 Å². The quantitative estimate of drug-likeness (QED) is 0.755. The van der Waals surface area contributed by atoms with Gasteiger partial charge in [0, 0.05) is 12.6 Å². The SMILES string of the molecule is CCNC1CCC(OCC2CCC2)CC1. The third-order valence-corrected chi connectivity index (χ3v) is 3.96. The van der Waals surface area contributed by atoms with Gasteiger partial charge in [0.25, 0.3) is 0 Å². The smallest absolute Gasteiger partial charge is 0.0576 e. The fraction of sp³-hybridized carbons (Fsp3) is 1.00. The fourth-order valence-corrected chi connectivity index (χ4v) is 2.65. The lowest BCUT2D eigenvalue weighted by Crippen LogP contribution is -2.35. The maximum Gasteiger partial charge on any atom is 0.0576 e. The summed E-state index contributed by atoms with van der Waals surface area (Å²) >= 11 is 0. The van der Waals surface area contributed by atoms with E-state index in [0.29, 0.717) is 6.10 Å². The van der Waals surface area contributed by atoms with Crippen LogP contribution in [0.4, 0.5) is 0 Å². The van der Waals surface area contributed by atoms with Gasteiger partial charge in [-0.05, 0) is 51.0 Å². The first-order valence-electron chi connectivity index (χ1n) is 6.73. The molecule has 0 saturated heterocycles. The van der Waals surface area contributed by atoms with Gasteiger partial charge in [-0.2, -0.15) is 0 Å². The van der Waals surface area contributed by atoms with Crippen molar-refractivity contribution in [2.75, 3.05) is 13.2 Å². The van der Waals surface area contributed by atoms with Crippen LogP contribution >= 0.6 is 0 Å². The van der Waals surface area contributed by atoms with Crippen molar-refractivity contribution in [2.45, 2.75) is 64.0 Å². The zero-order valence-electron chi connectivity index (χ0n) is 10.0. The summed E-state index contributed by atoms with van der Waals surface area (Å²) in [5, 5.41) is 3.54. The topological polar surface area (TPSA) is 21.3 Å². The van der Waals surface area contributed by atoms with Crippen LogP contribution in [0.2, 0.25) is 0 Å². The highest BCUT2D eigenvalue weighted by atomic mass is 16.5. The molecule has 2 rings (SSSR count). The van der Waals surface area contributed by atoms with Crippen molar-refractivity contribution in [3.8, 4) is 0 Å². The highest BCUT2D eigenvalue weighted by Crippen LogP contribution is 2.28. The summed E-state index contributed by atoms with van der Waals surface area (Å²) < 4.78 is 5.99. The highest BCUT2D eigenvalue weighted by molar-refractivity contribution is 4.78. The van der Waals surface area contributed by atoms with Gasteiger partial charge < -0.3 is 10.1 Å². The van der Waals surface area contributed by atoms with Crippen molar-refractivity contribution < 1.29 is 4.74 Å². The number of nitrogens with one attached hydrogen (secondary N) is 1. The van der Waals surface area contributed by atoms with Crippen LogP contribution in [0.5, 0.6) is 0 Å². The first-order valence-corrected chi connectivity index (χ1v) is 6.73. The Kier molecular flexibility index (Phi) is 4.45. The molecule has 0 heterocycles. The van der Waals surface area contributed by atoms with E-state index in [1.54, 1.807) is 0 Å². The molecule has 2 aliphatic carbocycles. The molecule has 0 spiro atoms. The number of rotatable bonds is 5. The van der Waals surface area contributed by atoms with Gasteiger partial charge in [-0.15, -0.1) is 0 Å². The molecule has 15 heavy (non-hydrogen) atoms. The Bertz CT molecular complexity index is 171. The highest BCUT2D eigenvalue weighted by Gasteiger charge is 2.23. The molecule has 2 nitrogen and oxygen atoms in total. The van der Waals surface area contributed by atoms with Gasteiger partial charge in [-0.1, -0.05) is 13.3 Å². The van der Waals surface area contributed by atoms with Crippen molar-refractivity contribution in [2.24, 2.45) is 5.92 Å². The largest absolute Gasteiger partial charge is 0.378 e. The molecular formula is C13H25NO. The molecule has 2 fully saturated rings. The Balaban J connectivity index is 1.56. The third kappa shape index (κ3) is 3.46. The summed E-state index contributed by atoms with van der Waals surface area (Å²) in [5.41, 5.74) is 0. The molecule has 2 saturated carbocycles. The fourth-order valence-electron chi connectivity index (χ4n) is 2.65. The molecule has 0 bridgehead atoms. The molecule has 88 valence electrons. The summed E-state index contributed by atoms with van der Waals surface area (Å²) in [7, 11) is 0. The molecule has 0 unspecified atom stereocenters.